The van der Waals surface area contributed by atoms with E-state index in [0.29, 0.717) is 22.1 Å². The first-order valence-corrected chi connectivity index (χ1v) is 7.54. The quantitative estimate of drug-likeness (QED) is 0.711. The van der Waals surface area contributed by atoms with Crippen molar-refractivity contribution < 1.29 is 9.18 Å². The molecule has 2 N–H and O–H groups in total. The van der Waals surface area contributed by atoms with Gasteiger partial charge in [0.2, 0.25) is 0 Å². The number of rotatable bonds is 4. The van der Waals surface area contributed by atoms with Gasteiger partial charge in [-0.15, -0.1) is 0 Å². The van der Waals surface area contributed by atoms with Crippen LogP contribution >= 0.6 is 11.6 Å². The smallest absolute Gasteiger partial charge is 0.274 e. The van der Waals surface area contributed by atoms with Crippen LogP contribution in [0.4, 0.5) is 21.5 Å². The van der Waals surface area contributed by atoms with Gasteiger partial charge in [-0.25, -0.2) is 9.37 Å². The van der Waals surface area contributed by atoms with E-state index < -0.39 is 0 Å². The number of pyridine rings is 1. The molecule has 0 saturated carbocycles. The number of halogens is 2. The van der Waals surface area contributed by atoms with E-state index in [4.69, 9.17) is 11.6 Å². The van der Waals surface area contributed by atoms with E-state index in [9.17, 15) is 9.18 Å². The van der Waals surface area contributed by atoms with Gasteiger partial charge in [0.05, 0.1) is 17.6 Å². The van der Waals surface area contributed by atoms with E-state index in [1.165, 1.54) is 12.3 Å². The Morgan fingerprint density at radius 3 is 2.33 bits per heavy atom. The average Bonchev–Trinajstić information content (AvgIpc) is 2.59. The zero-order valence-electron chi connectivity index (χ0n) is 12.5. The molecule has 4 nitrogen and oxygen atoms in total. The van der Waals surface area contributed by atoms with Crippen LogP contribution < -0.4 is 10.6 Å². The summed E-state index contributed by atoms with van der Waals surface area (Å²) in [6, 6.07) is 16.3. The Balaban J connectivity index is 1.68. The van der Waals surface area contributed by atoms with Crippen molar-refractivity contribution in [1.82, 2.24) is 4.98 Å². The molecule has 0 saturated heterocycles. The van der Waals surface area contributed by atoms with E-state index >= 15 is 0 Å². The maximum atomic E-state index is 13.6. The summed E-state index contributed by atoms with van der Waals surface area (Å²) >= 11 is 5.80. The van der Waals surface area contributed by atoms with Crippen LogP contribution in [0, 0.1) is 5.82 Å². The number of anilines is 3. The lowest BCUT2D eigenvalue weighted by Crippen LogP contribution is -2.13. The van der Waals surface area contributed by atoms with Crippen LogP contribution in [0.2, 0.25) is 5.02 Å². The number of carbonyl (C=O) groups excluding carboxylic acids is 1. The fourth-order valence-electron chi connectivity index (χ4n) is 2.05. The number of aromatic nitrogens is 1. The van der Waals surface area contributed by atoms with Gasteiger partial charge in [-0.3, -0.25) is 4.79 Å². The second-order valence-corrected chi connectivity index (χ2v) is 5.43. The largest absolute Gasteiger partial charge is 0.352 e. The van der Waals surface area contributed by atoms with Crippen LogP contribution in [0.3, 0.4) is 0 Å². The third kappa shape index (κ3) is 3.88. The number of amides is 1. The normalized spacial score (nSPS) is 10.2. The third-order valence-electron chi connectivity index (χ3n) is 3.25. The summed E-state index contributed by atoms with van der Waals surface area (Å²) < 4.78 is 13.6. The Bertz CT molecular complexity index is 851. The molecule has 0 unspecified atom stereocenters. The molecule has 24 heavy (non-hydrogen) atoms. The number of carbonyl (C=O) groups is 1. The molecule has 0 fully saturated rings. The van der Waals surface area contributed by atoms with Crippen LogP contribution in [0.15, 0.2) is 66.9 Å². The molecule has 1 amide bonds. The summed E-state index contributed by atoms with van der Waals surface area (Å²) in [7, 11) is 0. The van der Waals surface area contributed by atoms with Gasteiger partial charge in [0, 0.05) is 10.7 Å². The molecule has 0 aliphatic carbocycles. The van der Waals surface area contributed by atoms with E-state index in [1.807, 2.05) is 0 Å². The second kappa shape index (κ2) is 7.10. The predicted molar refractivity (Wildman–Crippen MR) is 93.3 cm³/mol. The highest BCUT2D eigenvalue weighted by molar-refractivity contribution is 6.30. The summed E-state index contributed by atoms with van der Waals surface area (Å²) in [6.45, 7) is 0. The number of nitrogens with one attached hydrogen (secondary N) is 2. The lowest BCUT2D eigenvalue weighted by atomic mass is 10.2. The van der Waals surface area contributed by atoms with E-state index in [0.717, 1.165) is 0 Å². The average molecular weight is 342 g/mol. The Morgan fingerprint density at radius 2 is 1.67 bits per heavy atom. The molecule has 6 heteroatoms. The summed E-state index contributed by atoms with van der Waals surface area (Å²) in [6.07, 6.45) is 1.48. The molecule has 3 aromatic rings. The van der Waals surface area contributed by atoms with E-state index in [-0.39, 0.29) is 17.4 Å². The molecule has 0 spiro atoms. The molecule has 0 bridgehead atoms. The minimum absolute atomic E-state index is 0.254. The molecule has 0 aliphatic heterocycles. The molecule has 3 rings (SSSR count). The van der Waals surface area contributed by atoms with Gasteiger partial charge >= 0.3 is 0 Å². The molecular weight excluding hydrogens is 329 g/mol. The Morgan fingerprint density at radius 1 is 0.958 bits per heavy atom. The van der Waals surface area contributed by atoms with Gasteiger partial charge in [0.25, 0.3) is 5.91 Å². The van der Waals surface area contributed by atoms with Gasteiger partial charge in [-0.2, -0.15) is 0 Å². The summed E-state index contributed by atoms with van der Waals surface area (Å²) in [4.78, 5) is 16.2. The highest BCUT2D eigenvalue weighted by atomic mass is 35.5. The predicted octanol–water partition coefficient (Wildman–Crippen LogP) is 4.87. The van der Waals surface area contributed by atoms with Crippen molar-refractivity contribution in [3.05, 3.63) is 83.4 Å². The highest BCUT2D eigenvalue weighted by Crippen LogP contribution is 2.19. The maximum absolute atomic E-state index is 13.6. The van der Waals surface area contributed by atoms with Crippen molar-refractivity contribution in [3.63, 3.8) is 0 Å². The molecule has 1 heterocycles. The van der Waals surface area contributed by atoms with Crippen molar-refractivity contribution >= 4 is 34.6 Å². The molecule has 0 radical (unpaired) electrons. The van der Waals surface area contributed by atoms with Gasteiger partial charge in [0.15, 0.2) is 0 Å². The molecule has 1 aromatic heterocycles. The van der Waals surface area contributed by atoms with Crippen LogP contribution in [-0.4, -0.2) is 10.9 Å². The summed E-state index contributed by atoms with van der Waals surface area (Å²) in [5.74, 6) is -0.697. The Labute approximate surface area is 143 Å². The van der Waals surface area contributed by atoms with Crippen LogP contribution in [0.5, 0.6) is 0 Å². The number of benzene rings is 2. The SMILES string of the molecule is O=C(Nc1ccc(Cl)cc1)c1ccc(Nc2ccccc2F)cn1. The minimum Gasteiger partial charge on any atom is -0.352 e. The standard InChI is InChI=1S/C18H13ClFN3O/c19-12-5-7-13(8-6-12)23-18(24)17-10-9-14(11-21-17)22-16-4-2-1-3-15(16)20/h1-11,22H,(H,23,24). The Kier molecular flexibility index (Phi) is 4.72. The second-order valence-electron chi connectivity index (χ2n) is 5.00. The van der Waals surface area contributed by atoms with E-state index in [2.05, 4.69) is 15.6 Å². The number of para-hydroxylation sites is 1. The number of nitrogens with zero attached hydrogens (tertiary/aromatic N) is 1. The highest BCUT2D eigenvalue weighted by Gasteiger charge is 2.08. The van der Waals surface area contributed by atoms with Crippen molar-refractivity contribution in [2.24, 2.45) is 0 Å². The zero-order chi connectivity index (χ0) is 16.9. The van der Waals surface area contributed by atoms with Crippen LogP contribution in [0.1, 0.15) is 10.5 Å². The van der Waals surface area contributed by atoms with Crippen molar-refractivity contribution in [2.45, 2.75) is 0 Å². The zero-order valence-corrected chi connectivity index (χ0v) is 13.2. The Hall–Kier alpha value is -2.92. The molecule has 0 atom stereocenters. The first-order chi connectivity index (χ1) is 11.6. The molecular formula is C18H13ClFN3O. The van der Waals surface area contributed by atoms with Gasteiger partial charge in [-0.05, 0) is 48.5 Å². The molecule has 0 aliphatic rings. The van der Waals surface area contributed by atoms with Gasteiger partial charge in [-0.1, -0.05) is 23.7 Å². The van der Waals surface area contributed by atoms with Crippen molar-refractivity contribution in [1.29, 1.82) is 0 Å². The molecule has 2 aromatic carbocycles. The van der Waals surface area contributed by atoms with Crippen molar-refractivity contribution in [2.75, 3.05) is 10.6 Å². The lowest BCUT2D eigenvalue weighted by molar-refractivity contribution is 0.102. The van der Waals surface area contributed by atoms with Crippen LogP contribution in [0.25, 0.3) is 0 Å². The topological polar surface area (TPSA) is 54.0 Å². The van der Waals surface area contributed by atoms with Gasteiger partial charge < -0.3 is 10.6 Å². The van der Waals surface area contributed by atoms with Crippen molar-refractivity contribution in [3.8, 4) is 0 Å². The van der Waals surface area contributed by atoms with Crippen LogP contribution in [-0.2, 0) is 0 Å². The lowest BCUT2D eigenvalue weighted by Gasteiger charge is -2.08. The van der Waals surface area contributed by atoms with E-state index in [1.54, 1.807) is 54.6 Å². The third-order valence-corrected chi connectivity index (χ3v) is 3.50. The minimum atomic E-state index is -0.359. The fraction of sp³-hybridized carbons (Fsp3) is 0. The number of hydrogen-bond acceptors (Lipinski definition) is 3. The first-order valence-electron chi connectivity index (χ1n) is 7.16. The maximum Gasteiger partial charge on any atom is 0.274 e. The summed E-state index contributed by atoms with van der Waals surface area (Å²) in [5, 5.41) is 6.23. The fourth-order valence-corrected chi connectivity index (χ4v) is 2.17. The summed E-state index contributed by atoms with van der Waals surface area (Å²) in [5.41, 5.74) is 1.81. The number of hydrogen-bond donors (Lipinski definition) is 2. The molecule has 120 valence electrons. The van der Waals surface area contributed by atoms with Gasteiger partial charge in [0.1, 0.15) is 11.5 Å². The monoisotopic (exact) mass is 341 g/mol. The first kappa shape index (κ1) is 16.0.